The largest absolute Gasteiger partial charge is 0.376 e. The van der Waals surface area contributed by atoms with Crippen molar-refractivity contribution in [3.63, 3.8) is 0 Å². The number of benzene rings is 3. The number of anilines is 2. The van der Waals surface area contributed by atoms with Crippen molar-refractivity contribution in [1.29, 1.82) is 0 Å². The van der Waals surface area contributed by atoms with Gasteiger partial charge in [0.05, 0.1) is 23.8 Å². The van der Waals surface area contributed by atoms with Gasteiger partial charge in [-0.05, 0) is 61.7 Å². The molecule has 0 fully saturated rings. The van der Waals surface area contributed by atoms with Crippen LogP contribution in [0.15, 0.2) is 65.5 Å². The summed E-state index contributed by atoms with van der Waals surface area (Å²) in [4.78, 5) is 52.1. The number of aromatic amines is 1. The fraction of sp³-hybridized carbons (Fsp3) is 0.185. The van der Waals surface area contributed by atoms with E-state index in [1.54, 1.807) is 54.6 Å². The number of primary amides is 2. The van der Waals surface area contributed by atoms with E-state index in [-0.39, 0.29) is 23.8 Å². The van der Waals surface area contributed by atoms with Crippen LogP contribution in [0.1, 0.15) is 34.6 Å². The summed E-state index contributed by atoms with van der Waals surface area (Å²) in [5.41, 5.74) is 12.3. The minimum Gasteiger partial charge on any atom is -0.376 e. The minimum atomic E-state index is -0.807. The van der Waals surface area contributed by atoms with Gasteiger partial charge >= 0.3 is 0 Å². The number of fused-ring (bicyclic) bond motifs is 3. The maximum atomic E-state index is 13.3. The van der Waals surface area contributed by atoms with E-state index in [4.69, 9.17) is 16.2 Å². The lowest BCUT2D eigenvalue weighted by molar-refractivity contribution is -0.118. The van der Waals surface area contributed by atoms with Crippen molar-refractivity contribution in [2.45, 2.75) is 26.0 Å². The third-order valence-corrected chi connectivity index (χ3v) is 5.79. The molecule has 0 aliphatic rings. The number of nitrogens with two attached hydrogens (primary N) is 2. The molecular formula is C27H27N5O5. The Bertz CT molecular complexity index is 1580. The second-order valence-corrected chi connectivity index (χ2v) is 8.82. The van der Waals surface area contributed by atoms with E-state index in [2.05, 4.69) is 15.6 Å². The van der Waals surface area contributed by atoms with Gasteiger partial charge in [0.15, 0.2) is 0 Å². The highest BCUT2D eigenvalue weighted by Gasteiger charge is 2.21. The lowest BCUT2D eigenvalue weighted by atomic mass is 10.0. The molecule has 0 saturated heterocycles. The van der Waals surface area contributed by atoms with Crippen molar-refractivity contribution in [1.82, 2.24) is 4.98 Å². The molecule has 1 aromatic heterocycles. The molecule has 0 radical (unpaired) electrons. The summed E-state index contributed by atoms with van der Waals surface area (Å²) < 4.78 is 5.69. The van der Waals surface area contributed by atoms with E-state index >= 15 is 0 Å². The molecule has 3 aromatic carbocycles. The summed E-state index contributed by atoms with van der Waals surface area (Å²) >= 11 is 0. The second kappa shape index (κ2) is 10.5. The highest BCUT2D eigenvalue weighted by molar-refractivity contribution is 6.13. The van der Waals surface area contributed by atoms with Crippen LogP contribution in [0.4, 0.5) is 11.4 Å². The molecule has 0 spiro atoms. The van der Waals surface area contributed by atoms with Crippen molar-refractivity contribution in [3.8, 4) is 0 Å². The van der Waals surface area contributed by atoms with Gasteiger partial charge in [0.1, 0.15) is 6.04 Å². The van der Waals surface area contributed by atoms with Crippen LogP contribution in [0, 0.1) is 0 Å². The molecule has 4 aromatic rings. The number of carbonyl (C=O) groups excluding carboxylic acids is 3. The number of H-pyrrole nitrogens is 1. The van der Waals surface area contributed by atoms with Gasteiger partial charge < -0.3 is 31.8 Å². The number of amides is 3. The summed E-state index contributed by atoms with van der Waals surface area (Å²) in [5, 5.41) is 7.52. The number of rotatable bonds is 9. The Labute approximate surface area is 212 Å². The molecule has 0 aliphatic heterocycles. The smallest absolute Gasteiger partial charge is 0.256 e. The molecule has 10 heteroatoms. The number of ether oxygens (including phenoxy) is 1. The number of aromatic nitrogens is 1. The van der Waals surface area contributed by atoms with E-state index in [1.165, 1.54) is 6.07 Å². The first-order valence-corrected chi connectivity index (χ1v) is 11.6. The van der Waals surface area contributed by atoms with Crippen LogP contribution in [0.25, 0.3) is 21.7 Å². The average molecular weight is 502 g/mol. The van der Waals surface area contributed by atoms with Gasteiger partial charge in [-0.3, -0.25) is 19.2 Å². The van der Waals surface area contributed by atoms with E-state index in [0.29, 0.717) is 38.6 Å². The predicted molar refractivity (Wildman–Crippen MR) is 143 cm³/mol. The van der Waals surface area contributed by atoms with E-state index < -0.39 is 23.8 Å². The molecule has 190 valence electrons. The fourth-order valence-electron chi connectivity index (χ4n) is 4.00. The third kappa shape index (κ3) is 5.60. The van der Waals surface area contributed by atoms with E-state index in [9.17, 15) is 19.2 Å². The molecule has 1 heterocycles. The maximum Gasteiger partial charge on any atom is 0.256 e. The van der Waals surface area contributed by atoms with Gasteiger partial charge in [-0.1, -0.05) is 18.2 Å². The van der Waals surface area contributed by atoms with Crippen LogP contribution in [-0.4, -0.2) is 41.5 Å². The third-order valence-electron chi connectivity index (χ3n) is 5.79. The number of pyridine rings is 1. The fourth-order valence-corrected chi connectivity index (χ4v) is 4.00. The predicted octanol–water partition coefficient (Wildman–Crippen LogP) is 2.72. The Hall–Kier alpha value is -4.70. The Morgan fingerprint density at radius 3 is 2.35 bits per heavy atom. The first-order chi connectivity index (χ1) is 17.6. The number of carbonyl (C=O) groups is 3. The quantitative estimate of drug-likeness (QED) is 0.221. The van der Waals surface area contributed by atoms with Crippen LogP contribution in [0.2, 0.25) is 0 Å². The molecule has 0 unspecified atom stereocenters. The molecule has 0 saturated carbocycles. The zero-order valence-electron chi connectivity index (χ0n) is 20.3. The lowest BCUT2D eigenvalue weighted by Gasteiger charge is -2.21. The Morgan fingerprint density at radius 2 is 1.65 bits per heavy atom. The highest BCUT2D eigenvalue weighted by atomic mass is 16.5. The first kappa shape index (κ1) is 25.4. The average Bonchev–Trinajstić information content (AvgIpc) is 2.86. The number of hydrogen-bond acceptors (Lipinski definition) is 6. The molecule has 0 bridgehead atoms. The number of hydrogen-bond donors (Lipinski definition) is 5. The highest BCUT2D eigenvalue weighted by Crippen LogP contribution is 2.26. The first-order valence-electron chi connectivity index (χ1n) is 11.6. The van der Waals surface area contributed by atoms with E-state index in [0.717, 1.165) is 0 Å². The molecule has 4 rings (SSSR count). The number of para-hydroxylation sites is 1. The lowest BCUT2D eigenvalue weighted by Crippen LogP contribution is -2.39. The molecule has 37 heavy (non-hydrogen) atoms. The summed E-state index contributed by atoms with van der Waals surface area (Å²) in [6, 6.07) is 15.6. The van der Waals surface area contributed by atoms with Crippen molar-refractivity contribution < 1.29 is 19.1 Å². The summed E-state index contributed by atoms with van der Waals surface area (Å²) in [5.74, 6) is -1.64. The SMILES string of the molecule is CC(C)OC[C@H](Nc1cccc(C(N)=O)c1)C(=O)Nc1ccc2c(=O)[nH]c3c(C(N)=O)cccc3c2c1. The zero-order valence-corrected chi connectivity index (χ0v) is 20.3. The molecule has 1 atom stereocenters. The normalized spacial score (nSPS) is 12.0. The summed E-state index contributed by atoms with van der Waals surface area (Å²) in [6.45, 7) is 3.77. The Balaban J connectivity index is 1.68. The van der Waals surface area contributed by atoms with Crippen molar-refractivity contribution >= 4 is 50.8 Å². The standard InChI is InChI=1S/C27H27N5O5/c1-14(2)37-13-22(30-16-6-3-5-15(11-16)24(28)33)27(36)31-17-9-10-19-21(12-17)18-7-4-8-20(25(29)34)23(18)32-26(19)35/h3-12,14,22,30H,13H2,1-2H3,(H2,28,33)(H2,29,34)(H,31,36)(H,32,35)/t22-/m0/s1. The molecule has 3 amide bonds. The molecule has 7 N–H and O–H groups in total. The van der Waals surface area contributed by atoms with Gasteiger partial charge in [0.25, 0.3) is 11.5 Å². The van der Waals surface area contributed by atoms with E-state index in [1.807, 2.05) is 13.8 Å². The number of nitrogens with one attached hydrogen (secondary N) is 3. The Morgan fingerprint density at radius 1 is 0.892 bits per heavy atom. The minimum absolute atomic E-state index is 0.0580. The summed E-state index contributed by atoms with van der Waals surface area (Å²) in [6.07, 6.45) is -0.118. The Kier molecular flexibility index (Phi) is 7.21. The van der Waals surface area contributed by atoms with Gasteiger partial charge in [-0.15, -0.1) is 0 Å². The zero-order chi connectivity index (χ0) is 26.7. The molecule has 10 nitrogen and oxygen atoms in total. The topological polar surface area (TPSA) is 169 Å². The van der Waals surface area contributed by atoms with Crippen molar-refractivity contribution in [2.75, 3.05) is 17.2 Å². The van der Waals surface area contributed by atoms with Gasteiger partial charge in [-0.2, -0.15) is 0 Å². The maximum absolute atomic E-state index is 13.3. The van der Waals surface area contributed by atoms with Gasteiger partial charge in [-0.25, -0.2) is 0 Å². The van der Waals surface area contributed by atoms with Crippen LogP contribution < -0.4 is 27.7 Å². The van der Waals surface area contributed by atoms with Crippen LogP contribution in [-0.2, 0) is 9.53 Å². The van der Waals surface area contributed by atoms with Crippen molar-refractivity contribution in [2.24, 2.45) is 11.5 Å². The van der Waals surface area contributed by atoms with Gasteiger partial charge in [0.2, 0.25) is 11.8 Å². The van der Waals surface area contributed by atoms with Crippen LogP contribution in [0.5, 0.6) is 0 Å². The monoisotopic (exact) mass is 501 g/mol. The van der Waals surface area contributed by atoms with Crippen molar-refractivity contribution in [3.05, 3.63) is 82.1 Å². The van der Waals surface area contributed by atoms with Crippen LogP contribution >= 0.6 is 0 Å². The summed E-state index contributed by atoms with van der Waals surface area (Å²) in [7, 11) is 0. The van der Waals surface area contributed by atoms with Crippen LogP contribution in [0.3, 0.4) is 0 Å². The van der Waals surface area contributed by atoms with Gasteiger partial charge in [0, 0.05) is 27.7 Å². The molecule has 0 aliphatic carbocycles. The second-order valence-electron chi connectivity index (χ2n) is 8.82. The molecular weight excluding hydrogens is 474 g/mol.